The fourth-order valence-electron chi connectivity index (χ4n) is 2.47. The van der Waals surface area contributed by atoms with Crippen LogP contribution in [0.5, 0.6) is 0 Å². The zero-order chi connectivity index (χ0) is 18.8. The summed E-state index contributed by atoms with van der Waals surface area (Å²) in [6.07, 6.45) is 0.248. The van der Waals surface area contributed by atoms with Crippen molar-refractivity contribution in [2.24, 2.45) is 0 Å². The maximum absolute atomic E-state index is 12.7. The van der Waals surface area contributed by atoms with Crippen LogP contribution in [0.15, 0.2) is 47.4 Å². The van der Waals surface area contributed by atoms with Crippen molar-refractivity contribution in [3.8, 4) is 0 Å². The van der Waals surface area contributed by atoms with Gasteiger partial charge in [0.15, 0.2) is 0 Å². The van der Waals surface area contributed by atoms with Gasteiger partial charge in [-0.15, -0.1) is 0 Å². The topological polar surface area (TPSA) is 71.5 Å². The minimum atomic E-state index is -3.96. The van der Waals surface area contributed by atoms with Gasteiger partial charge in [-0.05, 0) is 50.1 Å². The van der Waals surface area contributed by atoms with E-state index >= 15 is 0 Å². The summed E-state index contributed by atoms with van der Waals surface area (Å²) in [5, 5.41) is 0. The number of rotatable bonds is 5. The second-order valence-corrected chi connectivity index (χ2v) is 8.09. The molecule has 132 valence electrons. The maximum atomic E-state index is 12.7. The summed E-state index contributed by atoms with van der Waals surface area (Å²) in [7, 11) is -2.71. The number of carbonyl (C=O) groups excluding carboxylic acids is 2. The van der Waals surface area contributed by atoms with Gasteiger partial charge in [0, 0.05) is 19.0 Å². The highest BCUT2D eigenvalue weighted by Gasteiger charge is 2.27. The van der Waals surface area contributed by atoms with E-state index < -0.39 is 15.9 Å². The number of benzene rings is 2. The van der Waals surface area contributed by atoms with Crippen LogP contribution in [0.3, 0.4) is 0 Å². The Morgan fingerprint density at radius 1 is 1.00 bits per heavy atom. The summed E-state index contributed by atoms with van der Waals surface area (Å²) >= 11 is 0. The molecule has 0 aromatic heterocycles. The smallest absolute Gasteiger partial charge is 0.267 e. The molecular formula is C19H21NO4S. The van der Waals surface area contributed by atoms with E-state index in [4.69, 9.17) is 0 Å². The van der Waals surface area contributed by atoms with Crippen LogP contribution in [0.25, 0.3) is 0 Å². The van der Waals surface area contributed by atoms with Crippen LogP contribution >= 0.6 is 0 Å². The van der Waals surface area contributed by atoms with E-state index in [-0.39, 0.29) is 17.1 Å². The largest absolute Gasteiger partial charge is 0.300 e. The summed E-state index contributed by atoms with van der Waals surface area (Å²) in [5.41, 5.74) is 2.69. The first kappa shape index (κ1) is 18.9. The summed E-state index contributed by atoms with van der Waals surface area (Å²) in [4.78, 5) is 23.8. The molecule has 0 unspecified atom stereocenters. The van der Waals surface area contributed by atoms with E-state index in [0.29, 0.717) is 5.56 Å². The highest BCUT2D eigenvalue weighted by molar-refractivity contribution is 7.89. The van der Waals surface area contributed by atoms with Gasteiger partial charge < -0.3 is 0 Å². The zero-order valence-electron chi connectivity index (χ0n) is 14.7. The highest BCUT2D eigenvalue weighted by Crippen LogP contribution is 2.20. The van der Waals surface area contributed by atoms with Gasteiger partial charge in [-0.25, -0.2) is 12.7 Å². The fraction of sp³-hybridized carbons (Fsp3) is 0.263. The minimum absolute atomic E-state index is 0.00201. The van der Waals surface area contributed by atoms with E-state index in [9.17, 15) is 18.0 Å². The number of aryl methyl sites for hydroxylation is 2. The molecule has 0 saturated carbocycles. The molecule has 0 N–H and O–H groups in total. The van der Waals surface area contributed by atoms with Gasteiger partial charge in [0.1, 0.15) is 5.78 Å². The molecule has 5 nitrogen and oxygen atoms in total. The summed E-state index contributed by atoms with van der Waals surface area (Å²) in [6, 6.07) is 11.4. The lowest BCUT2D eigenvalue weighted by Crippen LogP contribution is -2.33. The third-order valence-electron chi connectivity index (χ3n) is 3.94. The normalized spacial score (nSPS) is 11.2. The van der Waals surface area contributed by atoms with Gasteiger partial charge >= 0.3 is 0 Å². The molecule has 25 heavy (non-hydrogen) atoms. The number of ketones is 1. The molecule has 0 radical (unpaired) electrons. The highest BCUT2D eigenvalue weighted by atomic mass is 32.2. The molecule has 0 fully saturated rings. The third kappa shape index (κ3) is 4.14. The molecule has 2 aromatic rings. The monoisotopic (exact) mass is 359 g/mol. The van der Waals surface area contributed by atoms with Gasteiger partial charge in [0.25, 0.3) is 15.9 Å². The van der Waals surface area contributed by atoms with E-state index in [0.717, 1.165) is 21.0 Å². The second kappa shape index (κ2) is 7.19. The molecular weight excluding hydrogens is 338 g/mol. The van der Waals surface area contributed by atoms with Crippen molar-refractivity contribution < 1.29 is 18.0 Å². The lowest BCUT2D eigenvalue weighted by atomic mass is 10.1. The molecule has 0 spiro atoms. The Balaban J connectivity index is 2.33. The Kier molecular flexibility index (Phi) is 5.42. The number of carbonyl (C=O) groups is 2. The molecule has 0 heterocycles. The van der Waals surface area contributed by atoms with E-state index in [1.807, 2.05) is 13.0 Å². The Bertz CT molecular complexity index is 915. The standard InChI is InChI=1S/C19H21NO4S/c1-13-5-6-14(2)18(11-13)19(22)20(4)25(23,24)17-9-7-16(8-10-17)12-15(3)21/h5-11H,12H2,1-4H3. The number of hydrogen-bond donors (Lipinski definition) is 0. The average Bonchev–Trinajstić information content (AvgIpc) is 2.55. The predicted molar refractivity (Wildman–Crippen MR) is 96.0 cm³/mol. The molecule has 0 saturated heterocycles. The molecule has 0 aliphatic rings. The third-order valence-corrected chi connectivity index (χ3v) is 5.70. The van der Waals surface area contributed by atoms with E-state index in [1.165, 1.54) is 26.1 Å². The van der Waals surface area contributed by atoms with Crippen molar-refractivity contribution in [3.63, 3.8) is 0 Å². The van der Waals surface area contributed by atoms with Crippen LogP contribution < -0.4 is 0 Å². The summed E-state index contributed by atoms with van der Waals surface area (Å²) < 4.78 is 26.2. The summed E-state index contributed by atoms with van der Waals surface area (Å²) in [6.45, 7) is 5.09. The van der Waals surface area contributed by atoms with Crippen LogP contribution in [-0.2, 0) is 21.2 Å². The van der Waals surface area contributed by atoms with Crippen LogP contribution in [0.4, 0.5) is 0 Å². The number of hydrogen-bond acceptors (Lipinski definition) is 4. The predicted octanol–water partition coefficient (Wildman–Crippen LogP) is 2.90. The van der Waals surface area contributed by atoms with Crippen molar-refractivity contribution in [1.29, 1.82) is 0 Å². The van der Waals surface area contributed by atoms with E-state index in [1.54, 1.807) is 31.2 Å². The van der Waals surface area contributed by atoms with Crippen molar-refractivity contribution in [2.75, 3.05) is 7.05 Å². The van der Waals surface area contributed by atoms with Crippen molar-refractivity contribution >= 4 is 21.7 Å². The van der Waals surface area contributed by atoms with Crippen molar-refractivity contribution in [2.45, 2.75) is 32.1 Å². The van der Waals surface area contributed by atoms with Crippen molar-refractivity contribution in [3.05, 3.63) is 64.7 Å². The molecule has 0 bridgehead atoms. The van der Waals surface area contributed by atoms with Gasteiger partial charge in [0.05, 0.1) is 4.90 Å². The maximum Gasteiger partial charge on any atom is 0.267 e. The van der Waals surface area contributed by atoms with Gasteiger partial charge in [-0.3, -0.25) is 9.59 Å². The van der Waals surface area contributed by atoms with Gasteiger partial charge in [-0.2, -0.15) is 0 Å². The SMILES string of the molecule is CC(=O)Cc1ccc(S(=O)(=O)N(C)C(=O)c2cc(C)ccc2C)cc1. The molecule has 6 heteroatoms. The lowest BCUT2D eigenvalue weighted by molar-refractivity contribution is -0.116. The van der Waals surface area contributed by atoms with Crippen molar-refractivity contribution in [1.82, 2.24) is 4.31 Å². The number of nitrogens with zero attached hydrogens (tertiary/aromatic N) is 1. The number of sulfonamides is 1. The first-order valence-corrected chi connectivity index (χ1v) is 9.26. The van der Waals surface area contributed by atoms with Crippen LogP contribution in [0, 0.1) is 13.8 Å². The lowest BCUT2D eigenvalue weighted by Gasteiger charge is -2.19. The number of amides is 1. The molecule has 0 aliphatic heterocycles. The van der Waals surface area contributed by atoms with Gasteiger partial charge in [-0.1, -0.05) is 29.8 Å². The molecule has 2 rings (SSSR count). The Labute approximate surface area is 148 Å². The summed E-state index contributed by atoms with van der Waals surface area (Å²) in [5.74, 6) is -0.577. The Morgan fingerprint density at radius 2 is 1.60 bits per heavy atom. The second-order valence-electron chi connectivity index (χ2n) is 6.12. The van der Waals surface area contributed by atoms with Crippen LogP contribution in [0.2, 0.25) is 0 Å². The molecule has 2 aromatic carbocycles. The Morgan fingerprint density at radius 3 is 2.16 bits per heavy atom. The van der Waals surface area contributed by atoms with E-state index in [2.05, 4.69) is 0 Å². The Hall–Kier alpha value is -2.47. The molecule has 1 amide bonds. The first-order valence-electron chi connectivity index (χ1n) is 7.82. The van der Waals surface area contributed by atoms with Gasteiger partial charge in [0.2, 0.25) is 0 Å². The van der Waals surface area contributed by atoms with Crippen LogP contribution in [-0.4, -0.2) is 31.5 Å². The van der Waals surface area contributed by atoms with Crippen LogP contribution in [0.1, 0.15) is 34.0 Å². The quantitative estimate of drug-likeness (QED) is 0.823. The average molecular weight is 359 g/mol. The number of Topliss-reactive ketones (excluding diaryl/α,β-unsaturated/α-hetero) is 1. The molecule has 0 atom stereocenters. The zero-order valence-corrected chi connectivity index (χ0v) is 15.6. The first-order chi connectivity index (χ1) is 11.6. The minimum Gasteiger partial charge on any atom is -0.300 e. The molecule has 0 aliphatic carbocycles. The fourth-order valence-corrected chi connectivity index (χ4v) is 3.58.